The summed E-state index contributed by atoms with van der Waals surface area (Å²) in [6.07, 6.45) is 11.2. The summed E-state index contributed by atoms with van der Waals surface area (Å²) in [5, 5.41) is 2.62. The van der Waals surface area contributed by atoms with Crippen molar-refractivity contribution >= 4 is 26.5 Å². The highest BCUT2D eigenvalue weighted by atomic mass is 32.2. The molecule has 4 fully saturated rings. The lowest BCUT2D eigenvalue weighted by atomic mass is 9.49. The van der Waals surface area contributed by atoms with Gasteiger partial charge in [0.25, 0.3) is 10.0 Å². The van der Waals surface area contributed by atoms with Crippen LogP contribution in [0.5, 0.6) is 0 Å². The molecule has 0 radical (unpaired) electrons. The molecule has 1 heterocycles. The smallest absolute Gasteiger partial charge is 0.255 e. The van der Waals surface area contributed by atoms with Crippen molar-refractivity contribution in [3.63, 3.8) is 0 Å². The van der Waals surface area contributed by atoms with Crippen LogP contribution in [0.15, 0.2) is 34.5 Å². The van der Waals surface area contributed by atoms with Crippen molar-refractivity contribution in [1.29, 1.82) is 0 Å². The van der Waals surface area contributed by atoms with E-state index in [1.165, 1.54) is 55.4 Å². The van der Waals surface area contributed by atoms with Crippen LogP contribution in [0, 0.1) is 17.8 Å². The Balaban J connectivity index is 1.32. The van der Waals surface area contributed by atoms with Crippen LogP contribution in [0.1, 0.15) is 69.5 Å². The van der Waals surface area contributed by atoms with Gasteiger partial charge >= 0.3 is 0 Å². The molecule has 0 atom stereocenters. The number of benzene rings is 1. The molecule has 4 aliphatic carbocycles. The Labute approximate surface area is 178 Å². The molecule has 4 aliphatic rings. The third-order valence-corrected chi connectivity index (χ3v) is 9.60. The van der Waals surface area contributed by atoms with E-state index in [9.17, 15) is 8.42 Å². The van der Waals surface area contributed by atoms with E-state index >= 15 is 0 Å². The third kappa shape index (κ3) is 3.74. The molecule has 29 heavy (non-hydrogen) atoms. The van der Waals surface area contributed by atoms with Crippen LogP contribution >= 0.6 is 11.3 Å². The molecule has 0 saturated heterocycles. The topological polar surface area (TPSA) is 59.1 Å². The zero-order valence-corrected chi connectivity index (χ0v) is 18.7. The zero-order valence-electron chi connectivity index (χ0n) is 17.1. The summed E-state index contributed by atoms with van der Waals surface area (Å²) in [6.45, 7) is 2.16. The van der Waals surface area contributed by atoms with E-state index < -0.39 is 10.0 Å². The van der Waals surface area contributed by atoms with Crippen molar-refractivity contribution in [3.05, 3.63) is 40.9 Å². The lowest BCUT2D eigenvalue weighted by Crippen LogP contribution is -2.48. The molecule has 1 N–H and O–H groups in total. The van der Waals surface area contributed by atoms with Crippen molar-refractivity contribution in [2.45, 2.75) is 75.0 Å². The maximum absolute atomic E-state index is 12.8. The first-order valence-electron chi connectivity index (χ1n) is 11.0. The van der Waals surface area contributed by atoms with E-state index in [2.05, 4.69) is 17.0 Å². The highest BCUT2D eigenvalue weighted by Crippen LogP contribution is 2.60. The van der Waals surface area contributed by atoms with Crippen molar-refractivity contribution in [1.82, 2.24) is 4.98 Å². The molecule has 1 aromatic heterocycles. The highest BCUT2D eigenvalue weighted by Gasteiger charge is 2.52. The van der Waals surface area contributed by atoms with Gasteiger partial charge in [-0.15, -0.1) is 11.3 Å². The van der Waals surface area contributed by atoms with Gasteiger partial charge in [-0.25, -0.2) is 13.4 Å². The predicted molar refractivity (Wildman–Crippen MR) is 118 cm³/mol. The maximum Gasteiger partial charge on any atom is 0.263 e. The molecule has 1 aromatic carbocycles. The second-order valence-corrected chi connectivity index (χ2v) is 12.1. The van der Waals surface area contributed by atoms with Gasteiger partial charge in [-0.1, -0.05) is 25.5 Å². The maximum atomic E-state index is 12.8. The summed E-state index contributed by atoms with van der Waals surface area (Å²) in [6, 6.07) is 7.27. The van der Waals surface area contributed by atoms with Gasteiger partial charge in [-0.2, -0.15) is 0 Å². The van der Waals surface area contributed by atoms with Crippen molar-refractivity contribution in [2.75, 3.05) is 4.72 Å². The average Bonchev–Trinajstić information content (AvgIpc) is 3.14. The molecular weight excluding hydrogens is 400 g/mol. The summed E-state index contributed by atoms with van der Waals surface area (Å²) < 4.78 is 28.4. The molecular formula is C23H30N2O2S2. The molecule has 4 bridgehead atoms. The first-order chi connectivity index (χ1) is 14.0. The van der Waals surface area contributed by atoms with Crippen molar-refractivity contribution in [2.24, 2.45) is 17.8 Å². The van der Waals surface area contributed by atoms with Crippen LogP contribution in [0.3, 0.4) is 0 Å². The average molecular weight is 431 g/mol. The number of anilines is 1. The minimum Gasteiger partial charge on any atom is -0.255 e. The van der Waals surface area contributed by atoms with Gasteiger partial charge in [0.05, 0.1) is 10.6 Å². The van der Waals surface area contributed by atoms with Crippen LogP contribution in [0.4, 0.5) is 5.13 Å². The highest BCUT2D eigenvalue weighted by molar-refractivity contribution is 7.93. The summed E-state index contributed by atoms with van der Waals surface area (Å²) in [5.74, 6) is 2.57. The number of sulfonamides is 1. The van der Waals surface area contributed by atoms with Crippen molar-refractivity contribution < 1.29 is 8.42 Å². The number of hydrogen-bond donors (Lipinski definition) is 1. The van der Waals surface area contributed by atoms with Crippen LogP contribution in [0.25, 0.3) is 0 Å². The van der Waals surface area contributed by atoms with E-state index in [1.54, 1.807) is 12.1 Å². The van der Waals surface area contributed by atoms with Crippen LogP contribution < -0.4 is 4.72 Å². The Hall–Kier alpha value is -1.40. The molecule has 0 unspecified atom stereocenters. The molecule has 0 amide bonds. The monoisotopic (exact) mass is 430 g/mol. The molecule has 4 saturated carbocycles. The molecule has 4 nitrogen and oxygen atoms in total. The Morgan fingerprint density at radius 1 is 1.07 bits per heavy atom. The van der Waals surface area contributed by atoms with E-state index in [1.807, 2.05) is 12.1 Å². The summed E-state index contributed by atoms with van der Waals surface area (Å²) in [7, 11) is -3.60. The standard InChI is InChI=1S/C23H30N2O2S2/c1-2-3-4-16-5-7-20(8-6-16)29(26,27)25-22-24-21(15-28-22)23-12-17-9-18(13-23)11-19(10-17)14-23/h5-8,15,17-19H,2-4,9-14H2,1H3,(H,24,25). The van der Waals surface area contributed by atoms with Crippen molar-refractivity contribution in [3.8, 4) is 0 Å². The minimum atomic E-state index is -3.60. The Bertz CT molecular complexity index is 943. The summed E-state index contributed by atoms with van der Waals surface area (Å²) in [5.41, 5.74) is 2.52. The number of hydrogen-bond acceptors (Lipinski definition) is 4. The minimum absolute atomic E-state index is 0.204. The van der Waals surface area contributed by atoms with E-state index in [0.717, 1.165) is 42.7 Å². The molecule has 0 aliphatic heterocycles. The van der Waals surface area contributed by atoms with Gasteiger partial charge < -0.3 is 0 Å². The first-order valence-corrected chi connectivity index (χ1v) is 13.4. The summed E-state index contributed by atoms with van der Waals surface area (Å²) >= 11 is 1.43. The van der Waals surface area contributed by atoms with Gasteiger partial charge in [0.2, 0.25) is 0 Å². The quantitative estimate of drug-likeness (QED) is 0.608. The number of aromatic nitrogens is 1. The van der Waals surface area contributed by atoms with Crippen LogP contribution in [0.2, 0.25) is 0 Å². The van der Waals surface area contributed by atoms with Gasteiger partial charge in [0.1, 0.15) is 0 Å². The molecule has 0 spiro atoms. The normalized spacial score (nSPS) is 30.6. The second kappa shape index (κ2) is 7.38. The van der Waals surface area contributed by atoms with Gasteiger partial charge in [-0.05, 0) is 86.8 Å². The van der Waals surface area contributed by atoms with E-state index in [0.29, 0.717) is 10.0 Å². The van der Waals surface area contributed by atoms with E-state index in [-0.39, 0.29) is 5.41 Å². The lowest BCUT2D eigenvalue weighted by molar-refractivity contribution is -0.00688. The summed E-state index contributed by atoms with van der Waals surface area (Å²) in [4.78, 5) is 5.11. The molecule has 6 heteroatoms. The number of thiazole rings is 1. The Kier molecular flexibility index (Phi) is 4.98. The van der Waals surface area contributed by atoms with E-state index in [4.69, 9.17) is 4.98 Å². The predicted octanol–water partition coefficient (Wildman–Crippen LogP) is 5.75. The number of unbranched alkanes of at least 4 members (excludes halogenated alkanes) is 1. The molecule has 2 aromatic rings. The number of aryl methyl sites for hydroxylation is 1. The first kappa shape index (κ1) is 19.6. The number of nitrogens with one attached hydrogen (secondary N) is 1. The fourth-order valence-corrected chi connectivity index (χ4v) is 8.46. The van der Waals surface area contributed by atoms with Crippen LogP contribution in [-0.2, 0) is 21.9 Å². The SMILES string of the molecule is CCCCc1ccc(S(=O)(=O)Nc2nc(C34CC5CC(CC(C5)C3)C4)cs2)cc1. The Morgan fingerprint density at radius 2 is 1.69 bits per heavy atom. The van der Waals surface area contributed by atoms with Crippen LogP contribution in [-0.4, -0.2) is 13.4 Å². The lowest BCUT2D eigenvalue weighted by Gasteiger charge is -2.56. The Morgan fingerprint density at radius 3 is 2.28 bits per heavy atom. The number of nitrogens with zero attached hydrogens (tertiary/aromatic N) is 1. The second-order valence-electron chi connectivity index (χ2n) is 9.59. The molecule has 6 rings (SSSR count). The third-order valence-electron chi connectivity index (χ3n) is 7.36. The number of rotatable bonds is 7. The van der Waals surface area contributed by atoms with Gasteiger partial charge in [0.15, 0.2) is 5.13 Å². The van der Waals surface area contributed by atoms with Gasteiger partial charge in [-0.3, -0.25) is 4.72 Å². The van der Waals surface area contributed by atoms with Gasteiger partial charge in [0, 0.05) is 10.8 Å². The fourth-order valence-electron chi connectivity index (χ4n) is 6.38. The zero-order chi connectivity index (χ0) is 20.1. The molecule has 156 valence electrons. The fraction of sp³-hybridized carbons (Fsp3) is 0.609. The largest absolute Gasteiger partial charge is 0.263 e.